The molecule has 0 aliphatic heterocycles. The van der Waals surface area contributed by atoms with Gasteiger partial charge in [-0.3, -0.25) is 0 Å². The van der Waals surface area contributed by atoms with E-state index in [2.05, 4.69) is 31.3 Å². The third-order valence-corrected chi connectivity index (χ3v) is 3.36. The van der Waals surface area contributed by atoms with Crippen LogP contribution in [0.3, 0.4) is 0 Å². The second kappa shape index (κ2) is 5.40. The molecule has 0 atom stereocenters. The molecule has 0 fully saturated rings. The molecule has 0 aliphatic carbocycles. The zero-order chi connectivity index (χ0) is 13.1. The number of rotatable bonds is 3. The molecular weight excluding hydrogens is 249 g/mol. The van der Waals surface area contributed by atoms with Crippen LogP contribution in [0.1, 0.15) is 16.7 Å². The predicted molar refractivity (Wildman–Crippen MR) is 74.7 cm³/mol. The molecule has 2 rings (SSSR count). The summed E-state index contributed by atoms with van der Waals surface area (Å²) in [5, 5.41) is 3.73. The van der Waals surface area contributed by atoms with Crippen molar-refractivity contribution in [1.82, 2.24) is 0 Å². The maximum atomic E-state index is 12.9. The van der Waals surface area contributed by atoms with Gasteiger partial charge in [0.2, 0.25) is 0 Å². The van der Waals surface area contributed by atoms with Crippen LogP contribution in [0, 0.1) is 19.7 Å². The molecule has 2 aromatic rings. The molecule has 0 radical (unpaired) electrons. The molecule has 0 heterocycles. The maximum absolute atomic E-state index is 12.9. The summed E-state index contributed by atoms with van der Waals surface area (Å²) >= 11 is 5.97. The van der Waals surface area contributed by atoms with Crippen molar-refractivity contribution in [2.45, 2.75) is 20.4 Å². The summed E-state index contributed by atoms with van der Waals surface area (Å²) < 4.78 is 12.9. The number of hydrogen-bond acceptors (Lipinski definition) is 1. The summed E-state index contributed by atoms with van der Waals surface area (Å²) in [6, 6.07) is 10.6. The van der Waals surface area contributed by atoms with Crippen molar-refractivity contribution < 1.29 is 4.39 Å². The number of aryl methyl sites for hydroxylation is 2. The minimum Gasteiger partial charge on any atom is -0.381 e. The van der Waals surface area contributed by atoms with Gasteiger partial charge in [-0.25, -0.2) is 4.39 Å². The van der Waals surface area contributed by atoms with E-state index < -0.39 is 0 Å². The maximum Gasteiger partial charge on any atom is 0.124 e. The van der Waals surface area contributed by atoms with Gasteiger partial charge < -0.3 is 5.32 Å². The molecule has 0 aromatic heterocycles. The minimum absolute atomic E-state index is 0.310. The third kappa shape index (κ3) is 3.02. The number of hydrogen-bond donors (Lipinski definition) is 1. The number of anilines is 1. The first-order chi connectivity index (χ1) is 8.56. The Kier molecular flexibility index (Phi) is 3.87. The first kappa shape index (κ1) is 12.9. The smallest absolute Gasteiger partial charge is 0.124 e. The van der Waals surface area contributed by atoms with Crippen molar-refractivity contribution in [1.29, 1.82) is 0 Å². The summed E-state index contributed by atoms with van der Waals surface area (Å²) in [5.74, 6) is -0.310. The molecule has 0 unspecified atom stereocenters. The highest BCUT2D eigenvalue weighted by molar-refractivity contribution is 6.31. The van der Waals surface area contributed by atoms with Crippen LogP contribution in [-0.2, 0) is 6.54 Å². The van der Waals surface area contributed by atoms with Crippen LogP contribution >= 0.6 is 11.6 Å². The molecule has 0 amide bonds. The average molecular weight is 264 g/mol. The van der Waals surface area contributed by atoms with Gasteiger partial charge in [-0.1, -0.05) is 23.7 Å². The lowest BCUT2D eigenvalue weighted by molar-refractivity contribution is 0.627. The summed E-state index contributed by atoms with van der Waals surface area (Å²) in [5.41, 5.74) is 4.43. The normalized spacial score (nSPS) is 10.4. The van der Waals surface area contributed by atoms with Gasteiger partial charge in [-0.2, -0.15) is 0 Å². The Morgan fingerprint density at radius 2 is 1.83 bits per heavy atom. The topological polar surface area (TPSA) is 12.0 Å². The van der Waals surface area contributed by atoms with Gasteiger partial charge in [-0.05, 0) is 54.8 Å². The van der Waals surface area contributed by atoms with Crippen LogP contribution in [0.2, 0.25) is 5.02 Å². The van der Waals surface area contributed by atoms with Crippen molar-refractivity contribution >= 4 is 17.3 Å². The quantitative estimate of drug-likeness (QED) is 0.846. The molecule has 0 aliphatic rings. The van der Waals surface area contributed by atoms with E-state index in [-0.39, 0.29) is 5.82 Å². The van der Waals surface area contributed by atoms with Crippen molar-refractivity contribution in [3.63, 3.8) is 0 Å². The highest BCUT2D eigenvalue weighted by Gasteiger charge is 2.02. The predicted octanol–water partition coefficient (Wildman–Crippen LogP) is 4.71. The summed E-state index contributed by atoms with van der Waals surface area (Å²) in [4.78, 5) is 0. The molecule has 94 valence electrons. The molecule has 0 saturated heterocycles. The second-order valence-corrected chi connectivity index (χ2v) is 4.80. The lowest BCUT2D eigenvalue weighted by atomic mass is 10.1. The van der Waals surface area contributed by atoms with Crippen molar-refractivity contribution in [3.05, 3.63) is 63.9 Å². The summed E-state index contributed by atoms with van der Waals surface area (Å²) in [7, 11) is 0. The van der Waals surface area contributed by atoms with E-state index in [9.17, 15) is 4.39 Å². The molecule has 3 heteroatoms. The Morgan fingerprint density at radius 3 is 2.50 bits per heavy atom. The zero-order valence-electron chi connectivity index (χ0n) is 10.4. The Bertz CT molecular complexity index is 566. The molecule has 0 bridgehead atoms. The van der Waals surface area contributed by atoms with Crippen LogP contribution in [0.4, 0.5) is 10.1 Å². The fourth-order valence-corrected chi connectivity index (χ4v) is 1.95. The summed E-state index contributed by atoms with van der Waals surface area (Å²) in [6.07, 6.45) is 0. The molecule has 1 nitrogen and oxygen atoms in total. The molecule has 0 saturated carbocycles. The van der Waals surface area contributed by atoms with Gasteiger partial charge >= 0.3 is 0 Å². The number of halogens is 2. The van der Waals surface area contributed by atoms with E-state index in [0.29, 0.717) is 11.6 Å². The Balaban J connectivity index is 2.09. The van der Waals surface area contributed by atoms with E-state index in [1.807, 2.05) is 6.07 Å². The van der Waals surface area contributed by atoms with Gasteiger partial charge in [0.05, 0.1) is 0 Å². The molecular formula is C15H15ClFN. The van der Waals surface area contributed by atoms with Crippen molar-refractivity contribution in [2.24, 2.45) is 0 Å². The fourth-order valence-electron chi connectivity index (χ4n) is 1.71. The fraction of sp³-hybridized carbons (Fsp3) is 0.200. The van der Waals surface area contributed by atoms with Gasteiger partial charge in [0.25, 0.3) is 0 Å². The van der Waals surface area contributed by atoms with E-state index >= 15 is 0 Å². The Labute approximate surface area is 112 Å². The van der Waals surface area contributed by atoms with Crippen LogP contribution < -0.4 is 5.32 Å². The van der Waals surface area contributed by atoms with Crippen molar-refractivity contribution in [2.75, 3.05) is 5.32 Å². The standard InChI is InChI=1S/C15H15ClFN/c1-10-3-6-14(7-11(10)2)18-9-12-4-5-13(17)8-15(12)16/h3-8,18H,9H2,1-2H3. The van der Waals surface area contributed by atoms with Crippen LogP contribution in [0.5, 0.6) is 0 Å². The minimum atomic E-state index is -0.310. The van der Waals surface area contributed by atoms with E-state index in [1.54, 1.807) is 6.07 Å². The van der Waals surface area contributed by atoms with Crippen LogP contribution in [0.25, 0.3) is 0 Å². The average Bonchev–Trinajstić information content (AvgIpc) is 2.32. The van der Waals surface area contributed by atoms with E-state index in [1.165, 1.54) is 23.3 Å². The van der Waals surface area contributed by atoms with Crippen LogP contribution in [-0.4, -0.2) is 0 Å². The Hall–Kier alpha value is -1.54. The Morgan fingerprint density at radius 1 is 1.06 bits per heavy atom. The third-order valence-electron chi connectivity index (χ3n) is 3.00. The molecule has 1 N–H and O–H groups in total. The molecule has 0 spiro atoms. The van der Waals surface area contributed by atoms with Gasteiger partial charge in [0.15, 0.2) is 0 Å². The van der Waals surface area contributed by atoms with Gasteiger partial charge in [0.1, 0.15) is 5.82 Å². The van der Waals surface area contributed by atoms with Gasteiger partial charge in [-0.15, -0.1) is 0 Å². The molecule has 18 heavy (non-hydrogen) atoms. The lowest BCUT2D eigenvalue weighted by Gasteiger charge is -2.10. The monoisotopic (exact) mass is 263 g/mol. The van der Waals surface area contributed by atoms with Crippen molar-refractivity contribution in [3.8, 4) is 0 Å². The van der Waals surface area contributed by atoms with E-state index in [0.717, 1.165) is 11.3 Å². The second-order valence-electron chi connectivity index (χ2n) is 4.39. The van der Waals surface area contributed by atoms with Crippen LogP contribution in [0.15, 0.2) is 36.4 Å². The highest BCUT2D eigenvalue weighted by Crippen LogP contribution is 2.20. The number of nitrogens with one attached hydrogen (secondary N) is 1. The summed E-state index contributed by atoms with van der Waals surface area (Å²) in [6.45, 7) is 4.74. The zero-order valence-corrected chi connectivity index (χ0v) is 11.2. The molecule has 2 aromatic carbocycles. The highest BCUT2D eigenvalue weighted by atomic mass is 35.5. The first-order valence-electron chi connectivity index (χ1n) is 5.81. The largest absolute Gasteiger partial charge is 0.381 e. The number of benzene rings is 2. The first-order valence-corrected chi connectivity index (χ1v) is 6.19. The lowest BCUT2D eigenvalue weighted by Crippen LogP contribution is -2.00. The van der Waals surface area contributed by atoms with E-state index in [4.69, 9.17) is 11.6 Å². The van der Waals surface area contributed by atoms with Gasteiger partial charge in [0, 0.05) is 17.3 Å². The SMILES string of the molecule is Cc1ccc(NCc2ccc(F)cc2Cl)cc1C.